The van der Waals surface area contributed by atoms with Gasteiger partial charge in [-0.3, -0.25) is 0 Å². The highest BCUT2D eigenvalue weighted by molar-refractivity contribution is 5.50. The van der Waals surface area contributed by atoms with Crippen molar-refractivity contribution in [2.75, 3.05) is 5.32 Å². The Morgan fingerprint density at radius 3 is 2.56 bits per heavy atom. The second-order valence-corrected chi connectivity index (χ2v) is 4.86. The first-order chi connectivity index (χ1) is 8.81. The first kappa shape index (κ1) is 11.1. The lowest BCUT2D eigenvalue weighted by Gasteiger charge is -2.08. The van der Waals surface area contributed by atoms with Gasteiger partial charge in [0.2, 0.25) is 0 Å². The number of aryl methyl sites for hydroxylation is 2. The molecule has 0 aromatic heterocycles. The van der Waals surface area contributed by atoms with Crippen molar-refractivity contribution in [3.63, 3.8) is 0 Å². The average Bonchev–Trinajstić information content (AvgIpc) is 2.85. The highest BCUT2D eigenvalue weighted by Crippen LogP contribution is 2.25. The van der Waals surface area contributed by atoms with E-state index in [-0.39, 0.29) is 0 Å². The number of benzene rings is 2. The standard InChI is InChI=1S/C16H17NO/c18-16-8-4-12(5-9-16)11-17-15-7-6-13-2-1-3-14(13)10-15/h4-10,17-18H,1-3,11H2. The lowest BCUT2D eigenvalue weighted by Crippen LogP contribution is -1.99. The second kappa shape index (κ2) is 4.73. The Kier molecular flexibility index (Phi) is 2.93. The number of fused-ring (bicyclic) bond motifs is 1. The van der Waals surface area contributed by atoms with Crippen LogP contribution in [-0.4, -0.2) is 5.11 Å². The maximum absolute atomic E-state index is 9.23. The van der Waals surface area contributed by atoms with E-state index in [2.05, 4.69) is 23.5 Å². The maximum Gasteiger partial charge on any atom is 0.115 e. The SMILES string of the molecule is Oc1ccc(CNc2ccc3c(c2)CCC3)cc1. The Labute approximate surface area is 107 Å². The molecule has 0 fully saturated rings. The van der Waals surface area contributed by atoms with Gasteiger partial charge in [0, 0.05) is 12.2 Å². The van der Waals surface area contributed by atoms with Crippen molar-refractivity contribution in [3.8, 4) is 5.75 Å². The highest BCUT2D eigenvalue weighted by atomic mass is 16.3. The summed E-state index contributed by atoms with van der Waals surface area (Å²) in [5, 5.41) is 12.7. The van der Waals surface area contributed by atoms with Gasteiger partial charge < -0.3 is 10.4 Å². The molecule has 2 nitrogen and oxygen atoms in total. The normalized spacial score (nSPS) is 13.3. The second-order valence-electron chi connectivity index (χ2n) is 4.86. The zero-order chi connectivity index (χ0) is 12.4. The molecule has 0 saturated heterocycles. The summed E-state index contributed by atoms with van der Waals surface area (Å²) in [6, 6.07) is 14.0. The number of nitrogens with one attached hydrogen (secondary N) is 1. The van der Waals surface area contributed by atoms with E-state index in [0.717, 1.165) is 6.54 Å². The zero-order valence-corrected chi connectivity index (χ0v) is 10.3. The number of hydrogen-bond acceptors (Lipinski definition) is 2. The van der Waals surface area contributed by atoms with Gasteiger partial charge in [-0.25, -0.2) is 0 Å². The minimum Gasteiger partial charge on any atom is -0.508 e. The van der Waals surface area contributed by atoms with Crippen molar-refractivity contribution in [2.24, 2.45) is 0 Å². The predicted octanol–water partition coefficient (Wildman–Crippen LogP) is 3.49. The van der Waals surface area contributed by atoms with E-state index in [1.807, 2.05) is 12.1 Å². The predicted molar refractivity (Wildman–Crippen MR) is 73.9 cm³/mol. The lowest BCUT2D eigenvalue weighted by atomic mass is 10.1. The molecule has 2 aromatic rings. The van der Waals surface area contributed by atoms with Crippen molar-refractivity contribution in [2.45, 2.75) is 25.8 Å². The molecule has 0 saturated carbocycles. The molecule has 0 unspecified atom stereocenters. The number of phenols is 1. The van der Waals surface area contributed by atoms with Gasteiger partial charge in [-0.2, -0.15) is 0 Å². The van der Waals surface area contributed by atoms with E-state index < -0.39 is 0 Å². The van der Waals surface area contributed by atoms with Crippen LogP contribution in [0.25, 0.3) is 0 Å². The summed E-state index contributed by atoms with van der Waals surface area (Å²) in [6.07, 6.45) is 3.73. The van der Waals surface area contributed by atoms with Gasteiger partial charge in [0.25, 0.3) is 0 Å². The number of hydrogen-bond donors (Lipinski definition) is 2. The molecule has 18 heavy (non-hydrogen) atoms. The molecule has 0 bridgehead atoms. The van der Waals surface area contributed by atoms with Crippen LogP contribution < -0.4 is 5.32 Å². The average molecular weight is 239 g/mol. The van der Waals surface area contributed by atoms with Crippen LogP contribution in [-0.2, 0) is 19.4 Å². The topological polar surface area (TPSA) is 32.3 Å². The Bertz CT molecular complexity index is 546. The van der Waals surface area contributed by atoms with E-state index in [0.29, 0.717) is 5.75 Å². The third-order valence-electron chi connectivity index (χ3n) is 3.53. The summed E-state index contributed by atoms with van der Waals surface area (Å²) in [7, 11) is 0. The van der Waals surface area contributed by atoms with E-state index in [9.17, 15) is 5.11 Å². The number of anilines is 1. The van der Waals surface area contributed by atoms with Crippen LogP contribution in [0.4, 0.5) is 5.69 Å². The van der Waals surface area contributed by atoms with Gasteiger partial charge in [0.1, 0.15) is 5.75 Å². The molecule has 1 aliphatic rings. The van der Waals surface area contributed by atoms with Gasteiger partial charge in [-0.05, 0) is 60.2 Å². The quantitative estimate of drug-likeness (QED) is 0.859. The molecule has 0 heterocycles. The van der Waals surface area contributed by atoms with Crippen LogP contribution in [0.15, 0.2) is 42.5 Å². The Morgan fingerprint density at radius 2 is 1.72 bits per heavy atom. The van der Waals surface area contributed by atoms with Crippen molar-refractivity contribution < 1.29 is 5.11 Å². The molecule has 0 amide bonds. The molecule has 2 aromatic carbocycles. The number of rotatable bonds is 3. The first-order valence-electron chi connectivity index (χ1n) is 6.45. The molecule has 0 atom stereocenters. The molecule has 2 heteroatoms. The third-order valence-corrected chi connectivity index (χ3v) is 3.53. The molecule has 92 valence electrons. The molecule has 0 radical (unpaired) electrons. The fourth-order valence-electron chi connectivity index (χ4n) is 2.50. The Morgan fingerprint density at radius 1 is 0.944 bits per heavy atom. The summed E-state index contributed by atoms with van der Waals surface area (Å²) in [6.45, 7) is 0.791. The fraction of sp³-hybridized carbons (Fsp3) is 0.250. The summed E-state index contributed by atoms with van der Waals surface area (Å²) >= 11 is 0. The van der Waals surface area contributed by atoms with Crippen molar-refractivity contribution in [1.29, 1.82) is 0 Å². The highest BCUT2D eigenvalue weighted by Gasteiger charge is 2.10. The van der Waals surface area contributed by atoms with Gasteiger partial charge in [-0.15, -0.1) is 0 Å². The van der Waals surface area contributed by atoms with Crippen molar-refractivity contribution in [1.82, 2.24) is 0 Å². The molecular formula is C16H17NO. The summed E-state index contributed by atoms with van der Waals surface area (Å²) in [5.74, 6) is 0.316. The third kappa shape index (κ3) is 2.33. The van der Waals surface area contributed by atoms with Crippen LogP contribution in [0, 0.1) is 0 Å². The lowest BCUT2D eigenvalue weighted by molar-refractivity contribution is 0.475. The van der Waals surface area contributed by atoms with Gasteiger partial charge in [0.15, 0.2) is 0 Å². The number of aromatic hydroxyl groups is 1. The van der Waals surface area contributed by atoms with Gasteiger partial charge in [0.05, 0.1) is 0 Å². The zero-order valence-electron chi connectivity index (χ0n) is 10.3. The first-order valence-corrected chi connectivity index (χ1v) is 6.45. The molecular weight excluding hydrogens is 222 g/mol. The number of phenolic OH excluding ortho intramolecular Hbond substituents is 1. The minimum absolute atomic E-state index is 0.316. The van der Waals surface area contributed by atoms with Gasteiger partial charge in [-0.1, -0.05) is 18.2 Å². The summed E-state index contributed by atoms with van der Waals surface area (Å²) in [5.41, 5.74) is 5.35. The van der Waals surface area contributed by atoms with E-state index in [4.69, 9.17) is 0 Å². The smallest absolute Gasteiger partial charge is 0.115 e. The summed E-state index contributed by atoms with van der Waals surface area (Å²) in [4.78, 5) is 0. The Hall–Kier alpha value is -1.96. The van der Waals surface area contributed by atoms with Crippen LogP contribution >= 0.6 is 0 Å². The van der Waals surface area contributed by atoms with Crippen LogP contribution in [0.5, 0.6) is 5.75 Å². The largest absolute Gasteiger partial charge is 0.508 e. The Balaban J connectivity index is 1.68. The van der Waals surface area contributed by atoms with Crippen LogP contribution in [0.2, 0.25) is 0 Å². The van der Waals surface area contributed by atoms with Crippen LogP contribution in [0.1, 0.15) is 23.1 Å². The minimum atomic E-state index is 0.316. The van der Waals surface area contributed by atoms with E-state index in [1.165, 1.54) is 41.6 Å². The van der Waals surface area contributed by atoms with E-state index >= 15 is 0 Å². The van der Waals surface area contributed by atoms with E-state index in [1.54, 1.807) is 12.1 Å². The fourth-order valence-corrected chi connectivity index (χ4v) is 2.50. The van der Waals surface area contributed by atoms with Crippen molar-refractivity contribution >= 4 is 5.69 Å². The van der Waals surface area contributed by atoms with Crippen LogP contribution in [0.3, 0.4) is 0 Å². The molecule has 1 aliphatic carbocycles. The van der Waals surface area contributed by atoms with Crippen molar-refractivity contribution in [3.05, 3.63) is 59.2 Å². The van der Waals surface area contributed by atoms with Gasteiger partial charge >= 0.3 is 0 Å². The summed E-state index contributed by atoms with van der Waals surface area (Å²) < 4.78 is 0. The molecule has 3 rings (SSSR count). The molecule has 0 aliphatic heterocycles. The molecule has 2 N–H and O–H groups in total. The monoisotopic (exact) mass is 239 g/mol. The molecule has 0 spiro atoms. The maximum atomic E-state index is 9.23.